The van der Waals surface area contributed by atoms with Crippen LogP contribution in [0.1, 0.15) is 30.0 Å². The van der Waals surface area contributed by atoms with Gasteiger partial charge in [-0.25, -0.2) is 0 Å². The van der Waals surface area contributed by atoms with Crippen LogP contribution in [0.3, 0.4) is 0 Å². The summed E-state index contributed by atoms with van der Waals surface area (Å²) in [6, 6.07) is 8.99. The van der Waals surface area contributed by atoms with E-state index in [0.717, 1.165) is 24.1 Å². The maximum absolute atomic E-state index is 11.8. The van der Waals surface area contributed by atoms with Gasteiger partial charge in [0.25, 0.3) is 0 Å². The van der Waals surface area contributed by atoms with E-state index in [9.17, 15) is 9.90 Å². The van der Waals surface area contributed by atoms with Gasteiger partial charge in [0.2, 0.25) is 0 Å². The van der Waals surface area contributed by atoms with Gasteiger partial charge in [-0.15, -0.1) is 0 Å². The summed E-state index contributed by atoms with van der Waals surface area (Å²) in [7, 11) is 7.97. The fraction of sp³-hybridized carbons (Fsp3) is 0.458. The van der Waals surface area contributed by atoms with Crippen LogP contribution in [-0.2, 0) is 4.79 Å². The fourth-order valence-corrected chi connectivity index (χ4v) is 4.31. The average Bonchev–Trinajstić information content (AvgIpc) is 2.84. The first kappa shape index (κ1) is 23.5. The smallest absolute Gasteiger partial charge is 0.307 e. The lowest BCUT2D eigenvalue weighted by Gasteiger charge is -2.38. The number of aliphatic carboxylic acids is 1. The number of benzene rings is 2. The third kappa shape index (κ3) is 4.70. The Bertz CT molecular complexity index is 946. The van der Waals surface area contributed by atoms with Crippen molar-refractivity contribution in [1.29, 1.82) is 0 Å². The molecule has 1 N–H and O–H groups in total. The van der Waals surface area contributed by atoms with Gasteiger partial charge in [0.15, 0.2) is 11.5 Å². The molecular formula is C24H31NO7. The highest BCUT2D eigenvalue weighted by molar-refractivity contribution is 5.70. The zero-order valence-corrected chi connectivity index (χ0v) is 19.2. The molecule has 8 nitrogen and oxygen atoms in total. The van der Waals surface area contributed by atoms with Crippen molar-refractivity contribution in [2.45, 2.75) is 18.9 Å². The molecule has 1 fully saturated rings. The Morgan fingerprint density at radius 2 is 1.50 bits per heavy atom. The number of nitrogens with zero attached hydrogens (tertiary/aromatic N) is 1. The molecule has 3 rings (SSSR count). The lowest BCUT2D eigenvalue weighted by Crippen LogP contribution is -2.41. The van der Waals surface area contributed by atoms with Crippen molar-refractivity contribution < 1.29 is 33.6 Å². The summed E-state index contributed by atoms with van der Waals surface area (Å²) in [5, 5.41) is 9.67. The van der Waals surface area contributed by atoms with Crippen LogP contribution in [-0.4, -0.2) is 64.6 Å². The highest BCUT2D eigenvalue weighted by Crippen LogP contribution is 2.45. The van der Waals surface area contributed by atoms with Crippen LogP contribution in [0.5, 0.6) is 28.7 Å². The van der Waals surface area contributed by atoms with Gasteiger partial charge in [-0.3, -0.25) is 9.69 Å². The molecule has 2 aromatic carbocycles. The molecule has 0 amide bonds. The number of carbonyl (C=O) groups is 1. The molecule has 0 spiro atoms. The Balaban J connectivity index is 2.21. The van der Waals surface area contributed by atoms with Crippen molar-refractivity contribution in [3.63, 3.8) is 0 Å². The van der Waals surface area contributed by atoms with Crippen LogP contribution in [0.2, 0.25) is 0 Å². The Hall–Kier alpha value is -3.13. The highest BCUT2D eigenvalue weighted by atomic mass is 16.5. The molecular weight excluding hydrogens is 414 g/mol. The lowest BCUT2D eigenvalue weighted by molar-refractivity contribution is -0.143. The predicted octanol–water partition coefficient (Wildman–Crippen LogP) is 3.62. The molecule has 174 valence electrons. The second-order valence-corrected chi connectivity index (χ2v) is 7.63. The third-order valence-electron chi connectivity index (χ3n) is 5.93. The van der Waals surface area contributed by atoms with Crippen LogP contribution >= 0.6 is 0 Å². The summed E-state index contributed by atoms with van der Waals surface area (Å²) in [6.07, 6.45) is 1.43. The highest BCUT2D eigenvalue weighted by Gasteiger charge is 2.35. The fourth-order valence-electron chi connectivity index (χ4n) is 4.31. The average molecular weight is 446 g/mol. The molecule has 0 saturated carbocycles. The largest absolute Gasteiger partial charge is 0.497 e. The van der Waals surface area contributed by atoms with E-state index in [1.165, 1.54) is 0 Å². The quantitative estimate of drug-likeness (QED) is 0.626. The lowest BCUT2D eigenvalue weighted by atomic mass is 9.90. The van der Waals surface area contributed by atoms with E-state index in [2.05, 4.69) is 4.90 Å². The Morgan fingerprint density at radius 3 is 2.09 bits per heavy atom. The van der Waals surface area contributed by atoms with Gasteiger partial charge in [0, 0.05) is 29.8 Å². The molecule has 32 heavy (non-hydrogen) atoms. The van der Waals surface area contributed by atoms with Crippen molar-refractivity contribution in [1.82, 2.24) is 4.90 Å². The second kappa shape index (κ2) is 10.5. The van der Waals surface area contributed by atoms with E-state index in [0.29, 0.717) is 41.7 Å². The number of piperidine rings is 1. The maximum atomic E-state index is 11.8. The molecule has 0 radical (unpaired) electrons. The minimum Gasteiger partial charge on any atom is -0.497 e. The molecule has 1 heterocycles. The number of ether oxygens (including phenoxy) is 5. The topological polar surface area (TPSA) is 86.7 Å². The van der Waals surface area contributed by atoms with Gasteiger partial charge in [-0.05, 0) is 37.6 Å². The number of hydrogen-bond donors (Lipinski definition) is 1. The van der Waals surface area contributed by atoms with Gasteiger partial charge in [-0.2, -0.15) is 0 Å². The van der Waals surface area contributed by atoms with Crippen molar-refractivity contribution in [2.75, 3.05) is 48.6 Å². The van der Waals surface area contributed by atoms with Crippen LogP contribution in [0.4, 0.5) is 0 Å². The summed E-state index contributed by atoms with van der Waals surface area (Å²) in [5.41, 5.74) is 1.71. The zero-order chi connectivity index (χ0) is 23.3. The maximum Gasteiger partial charge on any atom is 0.307 e. The molecule has 2 atom stereocenters. The SMILES string of the molecule is COc1ccc(C(c2cc(OC)c(OC)cc2OC)N2CCCC(C(=O)O)C2)c(OC)c1. The molecule has 0 aliphatic carbocycles. The molecule has 1 aliphatic rings. The number of carboxylic acid groups (broad SMARTS) is 1. The molecule has 1 saturated heterocycles. The van der Waals surface area contributed by atoms with Gasteiger partial charge in [0.05, 0.1) is 47.5 Å². The number of methoxy groups -OCH3 is 5. The summed E-state index contributed by atoms with van der Waals surface area (Å²) in [6.45, 7) is 1.15. The second-order valence-electron chi connectivity index (χ2n) is 7.63. The van der Waals surface area contributed by atoms with Gasteiger partial charge >= 0.3 is 5.97 Å². The number of likely N-dealkylation sites (tertiary alicyclic amines) is 1. The van der Waals surface area contributed by atoms with Crippen molar-refractivity contribution >= 4 is 5.97 Å². The molecule has 0 aromatic heterocycles. The number of rotatable bonds is 9. The van der Waals surface area contributed by atoms with Crippen molar-refractivity contribution in [3.05, 3.63) is 41.5 Å². The van der Waals surface area contributed by atoms with Crippen molar-refractivity contribution in [3.8, 4) is 28.7 Å². The zero-order valence-electron chi connectivity index (χ0n) is 19.2. The van der Waals surface area contributed by atoms with Crippen molar-refractivity contribution in [2.24, 2.45) is 5.92 Å². The van der Waals surface area contributed by atoms with Gasteiger partial charge < -0.3 is 28.8 Å². The molecule has 2 unspecified atom stereocenters. The summed E-state index contributed by atoms with van der Waals surface area (Å²) < 4.78 is 27.8. The number of hydrogen-bond acceptors (Lipinski definition) is 7. The monoisotopic (exact) mass is 445 g/mol. The van der Waals surface area contributed by atoms with E-state index in [-0.39, 0.29) is 6.04 Å². The first-order valence-corrected chi connectivity index (χ1v) is 10.5. The normalized spacial score (nSPS) is 17.3. The molecule has 0 bridgehead atoms. The Labute approximate surface area is 188 Å². The third-order valence-corrected chi connectivity index (χ3v) is 5.93. The van der Waals surface area contributed by atoms with Crippen LogP contribution < -0.4 is 23.7 Å². The first-order valence-electron chi connectivity index (χ1n) is 10.5. The van der Waals surface area contributed by atoms with Crippen LogP contribution in [0.25, 0.3) is 0 Å². The van der Waals surface area contributed by atoms with E-state index < -0.39 is 11.9 Å². The van der Waals surface area contributed by atoms with E-state index in [1.54, 1.807) is 41.6 Å². The summed E-state index contributed by atoms with van der Waals surface area (Å²) >= 11 is 0. The van der Waals surface area contributed by atoms with Gasteiger partial charge in [0.1, 0.15) is 17.2 Å². The van der Waals surface area contributed by atoms with Gasteiger partial charge in [-0.1, -0.05) is 0 Å². The first-order chi connectivity index (χ1) is 15.5. The van der Waals surface area contributed by atoms with E-state index in [1.807, 2.05) is 24.3 Å². The molecule has 1 aliphatic heterocycles. The summed E-state index contributed by atoms with van der Waals surface area (Å²) in [5.74, 6) is 1.82. The molecule has 2 aromatic rings. The summed E-state index contributed by atoms with van der Waals surface area (Å²) in [4.78, 5) is 13.9. The standard InChI is InChI=1S/C24H31NO7/c1-28-16-8-9-17(19(11-16)29-2)23(25-10-6-7-15(14-25)24(26)27)18-12-21(31-4)22(32-5)13-20(18)30-3/h8-9,11-13,15,23H,6-7,10,14H2,1-5H3,(H,26,27). The van der Waals surface area contributed by atoms with E-state index >= 15 is 0 Å². The Kier molecular flexibility index (Phi) is 7.69. The number of carboxylic acids is 1. The minimum absolute atomic E-state index is 0.326. The Morgan fingerprint density at radius 1 is 0.875 bits per heavy atom. The van der Waals surface area contributed by atoms with Crippen LogP contribution in [0.15, 0.2) is 30.3 Å². The van der Waals surface area contributed by atoms with E-state index in [4.69, 9.17) is 23.7 Å². The minimum atomic E-state index is -0.783. The van der Waals surface area contributed by atoms with Crippen LogP contribution in [0, 0.1) is 5.92 Å². The molecule has 8 heteroatoms. The predicted molar refractivity (Wildman–Crippen MR) is 119 cm³/mol.